The Hall–Kier alpha value is -1.73. The number of hydrogen-bond donors (Lipinski definition) is 1. The van der Waals surface area contributed by atoms with Gasteiger partial charge in [-0.2, -0.15) is 0 Å². The van der Waals surface area contributed by atoms with Crippen LogP contribution in [-0.2, 0) is 0 Å². The van der Waals surface area contributed by atoms with Crippen molar-refractivity contribution in [3.05, 3.63) is 41.5 Å². The molecule has 19 heavy (non-hydrogen) atoms. The monoisotopic (exact) mass is 295 g/mol. The van der Waals surface area contributed by atoms with Crippen molar-refractivity contribution >= 4 is 39.0 Å². The van der Waals surface area contributed by atoms with Crippen molar-refractivity contribution in [3.8, 4) is 0 Å². The molecule has 2 aromatic heterocycles. The first kappa shape index (κ1) is 12.3. The molecule has 0 bridgehead atoms. The first-order valence-electron chi connectivity index (χ1n) is 5.26. The molecule has 0 amide bonds. The Morgan fingerprint density at radius 1 is 1.16 bits per heavy atom. The second-order valence-electron chi connectivity index (χ2n) is 3.73. The molecule has 0 aliphatic heterocycles. The van der Waals surface area contributed by atoms with Crippen LogP contribution in [0.5, 0.6) is 0 Å². The van der Waals surface area contributed by atoms with Gasteiger partial charge in [0.25, 0.3) is 0 Å². The number of hydrogen-bond acceptors (Lipinski definition) is 5. The third-order valence-electron chi connectivity index (χ3n) is 2.44. The molecule has 0 aliphatic carbocycles. The van der Waals surface area contributed by atoms with Crippen LogP contribution in [0.25, 0.3) is 10.2 Å². The maximum atomic E-state index is 13.7. The summed E-state index contributed by atoms with van der Waals surface area (Å²) in [6, 6.07) is 4.02. The number of nitrogens with two attached hydrogens (primary N) is 1. The van der Waals surface area contributed by atoms with E-state index in [0.29, 0.717) is 5.03 Å². The van der Waals surface area contributed by atoms with E-state index in [0.717, 1.165) is 34.1 Å². The zero-order valence-corrected chi connectivity index (χ0v) is 11.1. The van der Waals surface area contributed by atoms with Gasteiger partial charge in [0.1, 0.15) is 27.8 Å². The van der Waals surface area contributed by atoms with Crippen molar-refractivity contribution in [2.24, 2.45) is 0 Å². The van der Waals surface area contributed by atoms with Crippen LogP contribution in [0.1, 0.15) is 0 Å². The third kappa shape index (κ3) is 2.26. The zero-order valence-electron chi connectivity index (χ0n) is 9.43. The molecule has 1 aromatic carbocycles. The van der Waals surface area contributed by atoms with Gasteiger partial charge in [-0.05, 0) is 23.6 Å². The number of rotatable bonds is 2. The largest absolute Gasteiger partial charge is 0.399 e. The van der Waals surface area contributed by atoms with Crippen molar-refractivity contribution < 1.29 is 8.78 Å². The molecule has 3 aromatic rings. The van der Waals surface area contributed by atoms with Crippen LogP contribution in [0, 0.1) is 11.6 Å². The van der Waals surface area contributed by atoms with Gasteiger partial charge in [0.2, 0.25) is 0 Å². The van der Waals surface area contributed by atoms with Gasteiger partial charge in [0, 0.05) is 11.1 Å². The molecule has 0 aliphatic rings. The SMILES string of the molecule is Nc1cc(F)c(Sc2ncnc3sccc23)c(F)c1. The van der Waals surface area contributed by atoms with Gasteiger partial charge in [-0.3, -0.25) is 0 Å². The molecular weight excluding hydrogens is 288 g/mol. The Labute approximate surface area is 115 Å². The first-order chi connectivity index (χ1) is 9.15. The van der Waals surface area contributed by atoms with E-state index in [1.165, 1.54) is 17.7 Å². The zero-order chi connectivity index (χ0) is 13.4. The summed E-state index contributed by atoms with van der Waals surface area (Å²) in [6.07, 6.45) is 1.38. The van der Waals surface area contributed by atoms with Crippen LogP contribution >= 0.6 is 23.1 Å². The molecule has 96 valence electrons. The number of benzene rings is 1. The standard InChI is InChI=1S/C12H7F2N3S2/c13-8-3-6(15)4-9(14)10(8)19-12-7-1-2-18-11(7)16-5-17-12/h1-5H,15H2. The number of anilines is 1. The van der Waals surface area contributed by atoms with E-state index in [9.17, 15) is 8.78 Å². The summed E-state index contributed by atoms with van der Waals surface area (Å²) in [5.41, 5.74) is 5.44. The number of halogens is 2. The Morgan fingerprint density at radius 2 is 1.89 bits per heavy atom. The minimum atomic E-state index is -0.690. The summed E-state index contributed by atoms with van der Waals surface area (Å²) >= 11 is 2.38. The summed E-state index contributed by atoms with van der Waals surface area (Å²) in [4.78, 5) is 8.84. The molecule has 3 rings (SSSR count). The van der Waals surface area contributed by atoms with E-state index < -0.39 is 11.6 Å². The van der Waals surface area contributed by atoms with E-state index in [1.807, 2.05) is 11.4 Å². The summed E-state index contributed by atoms with van der Waals surface area (Å²) in [5, 5.41) is 3.17. The van der Waals surface area contributed by atoms with Gasteiger partial charge in [-0.15, -0.1) is 11.3 Å². The van der Waals surface area contributed by atoms with Gasteiger partial charge in [-0.25, -0.2) is 18.7 Å². The van der Waals surface area contributed by atoms with Gasteiger partial charge in [0.05, 0.1) is 4.90 Å². The van der Waals surface area contributed by atoms with Crippen LogP contribution in [0.2, 0.25) is 0 Å². The average molecular weight is 295 g/mol. The van der Waals surface area contributed by atoms with Crippen LogP contribution in [0.4, 0.5) is 14.5 Å². The van der Waals surface area contributed by atoms with Gasteiger partial charge in [0.15, 0.2) is 0 Å². The fourth-order valence-electron chi connectivity index (χ4n) is 1.62. The highest BCUT2D eigenvalue weighted by Gasteiger charge is 2.15. The van der Waals surface area contributed by atoms with E-state index in [-0.39, 0.29) is 10.6 Å². The van der Waals surface area contributed by atoms with Gasteiger partial charge < -0.3 is 5.73 Å². The number of aromatic nitrogens is 2. The maximum Gasteiger partial charge on any atom is 0.142 e. The Kier molecular flexibility index (Phi) is 3.08. The molecule has 3 nitrogen and oxygen atoms in total. The number of fused-ring (bicyclic) bond motifs is 1. The second kappa shape index (κ2) is 4.75. The summed E-state index contributed by atoms with van der Waals surface area (Å²) in [6.45, 7) is 0. The van der Waals surface area contributed by atoms with Crippen molar-refractivity contribution in [1.29, 1.82) is 0 Å². The molecule has 0 spiro atoms. The quantitative estimate of drug-likeness (QED) is 0.578. The van der Waals surface area contributed by atoms with Crippen LogP contribution in [-0.4, -0.2) is 9.97 Å². The highest BCUT2D eigenvalue weighted by atomic mass is 32.2. The van der Waals surface area contributed by atoms with Crippen molar-refractivity contribution in [2.45, 2.75) is 9.92 Å². The number of nitrogen functional groups attached to an aromatic ring is 1. The lowest BCUT2D eigenvalue weighted by atomic mass is 10.3. The van der Waals surface area contributed by atoms with Crippen molar-refractivity contribution in [1.82, 2.24) is 9.97 Å². The third-order valence-corrected chi connectivity index (χ3v) is 4.38. The van der Waals surface area contributed by atoms with E-state index in [4.69, 9.17) is 5.73 Å². The second-order valence-corrected chi connectivity index (χ2v) is 5.63. The molecule has 2 N–H and O–H groups in total. The summed E-state index contributed by atoms with van der Waals surface area (Å²) < 4.78 is 27.5. The molecule has 0 saturated carbocycles. The highest BCUT2D eigenvalue weighted by Crippen LogP contribution is 2.36. The lowest BCUT2D eigenvalue weighted by molar-refractivity contribution is 0.541. The van der Waals surface area contributed by atoms with Crippen molar-refractivity contribution in [2.75, 3.05) is 5.73 Å². The van der Waals surface area contributed by atoms with Crippen LogP contribution < -0.4 is 5.73 Å². The van der Waals surface area contributed by atoms with E-state index >= 15 is 0 Å². The van der Waals surface area contributed by atoms with E-state index in [2.05, 4.69) is 9.97 Å². The topological polar surface area (TPSA) is 51.8 Å². The first-order valence-corrected chi connectivity index (χ1v) is 6.95. The predicted octanol–water partition coefficient (Wildman–Crippen LogP) is 3.70. The molecular formula is C12H7F2N3S2. The smallest absolute Gasteiger partial charge is 0.142 e. The molecule has 7 heteroatoms. The molecule has 0 radical (unpaired) electrons. The summed E-state index contributed by atoms with van der Waals surface area (Å²) in [7, 11) is 0. The fourth-order valence-corrected chi connectivity index (χ4v) is 3.30. The van der Waals surface area contributed by atoms with Crippen LogP contribution in [0.3, 0.4) is 0 Å². The minimum Gasteiger partial charge on any atom is -0.399 e. The van der Waals surface area contributed by atoms with Gasteiger partial charge in [-0.1, -0.05) is 11.8 Å². The summed E-state index contributed by atoms with van der Waals surface area (Å²) in [5.74, 6) is -1.38. The normalized spacial score (nSPS) is 11.1. The predicted molar refractivity (Wildman–Crippen MR) is 72.3 cm³/mol. The molecule has 0 fully saturated rings. The number of thiophene rings is 1. The lowest BCUT2D eigenvalue weighted by Crippen LogP contribution is -1.94. The molecule has 0 unspecified atom stereocenters. The fraction of sp³-hybridized carbons (Fsp3) is 0. The minimum absolute atomic E-state index is 0.0581. The lowest BCUT2D eigenvalue weighted by Gasteiger charge is -2.06. The Balaban J connectivity index is 2.09. The highest BCUT2D eigenvalue weighted by molar-refractivity contribution is 7.99. The van der Waals surface area contributed by atoms with Gasteiger partial charge >= 0.3 is 0 Å². The number of nitrogens with zero attached hydrogens (tertiary/aromatic N) is 2. The van der Waals surface area contributed by atoms with Crippen LogP contribution in [0.15, 0.2) is 39.8 Å². The Bertz CT molecular complexity index is 735. The maximum absolute atomic E-state index is 13.7. The average Bonchev–Trinajstić information content (AvgIpc) is 2.82. The Morgan fingerprint density at radius 3 is 2.63 bits per heavy atom. The molecule has 0 saturated heterocycles. The molecule has 0 atom stereocenters. The molecule has 2 heterocycles. The van der Waals surface area contributed by atoms with Crippen molar-refractivity contribution in [3.63, 3.8) is 0 Å². The van der Waals surface area contributed by atoms with E-state index in [1.54, 1.807) is 0 Å².